The molecule has 4 rings (SSSR count). The van der Waals surface area contributed by atoms with Gasteiger partial charge >= 0.3 is 0 Å². The Morgan fingerprint density at radius 2 is 1.06 bits per heavy atom. The summed E-state index contributed by atoms with van der Waals surface area (Å²) in [5.74, 6) is -1.20. The van der Waals surface area contributed by atoms with Gasteiger partial charge in [0.25, 0.3) is 5.91 Å². The van der Waals surface area contributed by atoms with Crippen molar-refractivity contribution >= 4 is 29.1 Å². The lowest BCUT2D eigenvalue weighted by molar-refractivity contribution is -0.120. The van der Waals surface area contributed by atoms with Crippen molar-refractivity contribution in [1.82, 2.24) is 16.2 Å². The molecule has 2 amide bonds. The first-order valence-electron chi connectivity index (χ1n) is 10.8. The molecule has 168 valence electrons. The third kappa shape index (κ3) is 5.74. The van der Waals surface area contributed by atoms with E-state index in [0.717, 1.165) is 22.3 Å². The fourth-order valence-corrected chi connectivity index (χ4v) is 3.78. The first kappa shape index (κ1) is 22.9. The molecule has 0 spiro atoms. The number of hydrazine groups is 1. The van der Waals surface area contributed by atoms with Crippen LogP contribution in [-0.2, 0) is 4.79 Å². The summed E-state index contributed by atoms with van der Waals surface area (Å²) in [6.45, 7) is 0. The summed E-state index contributed by atoms with van der Waals surface area (Å²) in [6, 6.07) is 36.1. The van der Waals surface area contributed by atoms with Crippen LogP contribution in [0.15, 0.2) is 115 Å². The quantitative estimate of drug-likeness (QED) is 0.292. The van der Waals surface area contributed by atoms with E-state index < -0.39 is 5.92 Å². The minimum Gasteiger partial charge on any atom is -0.301 e. The number of thiocarbonyl (C=S) groups is 1. The maximum Gasteiger partial charge on any atom is 0.269 e. The molecule has 0 unspecified atom stereocenters. The maximum absolute atomic E-state index is 13.1. The normalized spacial score (nSPS) is 10.4. The fourth-order valence-electron chi connectivity index (χ4n) is 3.63. The zero-order valence-corrected chi connectivity index (χ0v) is 19.1. The number of hydrogen-bond donors (Lipinski definition) is 3. The predicted molar refractivity (Wildman–Crippen MR) is 138 cm³/mol. The average Bonchev–Trinajstić information content (AvgIpc) is 2.89. The van der Waals surface area contributed by atoms with Gasteiger partial charge in [0.1, 0.15) is 0 Å². The summed E-state index contributed by atoms with van der Waals surface area (Å²) in [7, 11) is 0. The summed E-state index contributed by atoms with van der Waals surface area (Å²) in [5.41, 5.74) is 9.39. The molecule has 4 aromatic carbocycles. The third-order valence-corrected chi connectivity index (χ3v) is 5.51. The van der Waals surface area contributed by atoms with Crippen molar-refractivity contribution in [1.29, 1.82) is 0 Å². The first-order chi connectivity index (χ1) is 16.6. The Balaban J connectivity index is 1.37. The lowest BCUT2D eigenvalue weighted by Crippen LogP contribution is -2.49. The van der Waals surface area contributed by atoms with E-state index in [-0.39, 0.29) is 16.9 Å². The van der Waals surface area contributed by atoms with Gasteiger partial charge < -0.3 is 5.32 Å². The molecule has 5 nitrogen and oxygen atoms in total. The number of carbonyl (C=O) groups excluding carboxylic acids is 2. The minimum atomic E-state index is -0.539. The van der Waals surface area contributed by atoms with E-state index in [1.807, 2.05) is 103 Å². The maximum atomic E-state index is 13.1. The van der Waals surface area contributed by atoms with Crippen LogP contribution in [0.5, 0.6) is 0 Å². The lowest BCUT2D eigenvalue weighted by atomic mass is 9.90. The zero-order valence-electron chi connectivity index (χ0n) is 18.3. The van der Waals surface area contributed by atoms with Crippen LogP contribution in [0.2, 0.25) is 0 Å². The fraction of sp³-hybridized carbons (Fsp3) is 0.0357. The molecule has 34 heavy (non-hydrogen) atoms. The summed E-state index contributed by atoms with van der Waals surface area (Å²) in [5, 5.41) is 2.69. The van der Waals surface area contributed by atoms with Crippen LogP contribution in [0, 0.1) is 0 Å². The second-order valence-electron chi connectivity index (χ2n) is 7.60. The van der Waals surface area contributed by atoms with Gasteiger partial charge in [0, 0.05) is 5.56 Å². The highest BCUT2D eigenvalue weighted by atomic mass is 32.1. The molecule has 0 aliphatic carbocycles. The predicted octanol–water partition coefficient (Wildman–Crippen LogP) is 4.82. The largest absolute Gasteiger partial charge is 0.301 e. The molecule has 3 N–H and O–H groups in total. The van der Waals surface area contributed by atoms with Gasteiger partial charge in [-0.3, -0.25) is 20.4 Å². The van der Waals surface area contributed by atoms with Crippen molar-refractivity contribution in [2.45, 2.75) is 5.92 Å². The second-order valence-corrected chi connectivity index (χ2v) is 8.00. The van der Waals surface area contributed by atoms with Crippen LogP contribution in [0.1, 0.15) is 27.4 Å². The number of carbonyl (C=O) groups is 2. The number of rotatable bonds is 5. The summed E-state index contributed by atoms with van der Waals surface area (Å²) >= 11 is 5.24. The number of hydrogen-bond acceptors (Lipinski definition) is 3. The zero-order chi connectivity index (χ0) is 23.8. The monoisotopic (exact) mass is 465 g/mol. The van der Waals surface area contributed by atoms with Crippen molar-refractivity contribution in [3.05, 3.63) is 132 Å². The summed E-state index contributed by atoms with van der Waals surface area (Å²) in [6.07, 6.45) is 0. The first-order valence-corrected chi connectivity index (χ1v) is 11.2. The highest BCUT2D eigenvalue weighted by Crippen LogP contribution is 2.24. The molecular weight excluding hydrogens is 442 g/mol. The van der Waals surface area contributed by atoms with Gasteiger partial charge in [-0.05, 0) is 46.6 Å². The van der Waals surface area contributed by atoms with Gasteiger partial charge in [-0.25, -0.2) is 0 Å². The van der Waals surface area contributed by atoms with Crippen LogP contribution in [0.4, 0.5) is 0 Å². The average molecular weight is 466 g/mol. The van der Waals surface area contributed by atoms with Crippen molar-refractivity contribution < 1.29 is 9.59 Å². The SMILES string of the molecule is O=C(NNC(=S)NC(=O)C(c1ccccc1)c1ccccc1)c1ccc(-c2ccccc2)cc1. The Hall–Kier alpha value is -4.29. The van der Waals surface area contributed by atoms with Gasteiger partial charge in [-0.1, -0.05) is 103 Å². The van der Waals surface area contributed by atoms with Crippen LogP contribution in [0.3, 0.4) is 0 Å². The van der Waals surface area contributed by atoms with Crippen LogP contribution in [-0.4, -0.2) is 16.9 Å². The van der Waals surface area contributed by atoms with Crippen molar-refractivity contribution in [3.8, 4) is 11.1 Å². The molecule has 0 aliphatic heterocycles. The van der Waals surface area contributed by atoms with Gasteiger partial charge in [-0.2, -0.15) is 0 Å². The third-order valence-electron chi connectivity index (χ3n) is 5.31. The molecule has 6 heteroatoms. The topological polar surface area (TPSA) is 70.2 Å². The van der Waals surface area contributed by atoms with Crippen LogP contribution < -0.4 is 16.2 Å². The molecule has 0 atom stereocenters. The highest BCUT2D eigenvalue weighted by Gasteiger charge is 2.23. The van der Waals surface area contributed by atoms with E-state index in [1.54, 1.807) is 12.1 Å². The van der Waals surface area contributed by atoms with Gasteiger partial charge in [-0.15, -0.1) is 0 Å². The number of amides is 2. The molecule has 0 saturated carbocycles. The van der Waals surface area contributed by atoms with E-state index >= 15 is 0 Å². The molecule has 0 fully saturated rings. The van der Waals surface area contributed by atoms with E-state index in [0.29, 0.717) is 5.56 Å². The van der Waals surface area contributed by atoms with E-state index in [1.165, 1.54) is 0 Å². The number of benzene rings is 4. The van der Waals surface area contributed by atoms with E-state index in [9.17, 15) is 9.59 Å². The summed E-state index contributed by atoms with van der Waals surface area (Å²) < 4.78 is 0. The number of nitrogens with one attached hydrogen (secondary N) is 3. The van der Waals surface area contributed by atoms with Gasteiger partial charge in [0.2, 0.25) is 5.91 Å². The van der Waals surface area contributed by atoms with Crippen molar-refractivity contribution in [2.75, 3.05) is 0 Å². The molecule has 0 heterocycles. The van der Waals surface area contributed by atoms with Gasteiger partial charge in [0.05, 0.1) is 5.92 Å². The molecule has 0 aromatic heterocycles. The molecule has 0 saturated heterocycles. The minimum absolute atomic E-state index is 0.0103. The van der Waals surface area contributed by atoms with Crippen molar-refractivity contribution in [3.63, 3.8) is 0 Å². The molecule has 0 bridgehead atoms. The Bertz CT molecular complexity index is 1220. The Morgan fingerprint density at radius 3 is 1.59 bits per heavy atom. The smallest absolute Gasteiger partial charge is 0.269 e. The molecule has 4 aromatic rings. The molecule has 0 aliphatic rings. The Kier molecular flexibility index (Phi) is 7.42. The molecular formula is C28H23N3O2S. The molecule has 0 radical (unpaired) electrons. The van der Waals surface area contributed by atoms with Crippen molar-refractivity contribution in [2.24, 2.45) is 0 Å². The summed E-state index contributed by atoms with van der Waals surface area (Å²) in [4.78, 5) is 25.6. The van der Waals surface area contributed by atoms with Crippen LogP contribution in [0.25, 0.3) is 11.1 Å². The standard InChI is InChI=1S/C28H23N3O2S/c32-26(24-18-16-21(17-19-24)20-10-4-1-5-11-20)30-31-28(34)29-27(33)25(22-12-6-2-7-13-22)23-14-8-3-9-15-23/h1-19,25H,(H,30,32)(H2,29,31,33,34). The van der Waals surface area contributed by atoms with Crippen LogP contribution >= 0.6 is 12.2 Å². The highest BCUT2D eigenvalue weighted by molar-refractivity contribution is 7.80. The second kappa shape index (κ2) is 11.0. The Morgan fingerprint density at radius 1 is 0.588 bits per heavy atom. The van der Waals surface area contributed by atoms with E-state index in [4.69, 9.17) is 12.2 Å². The Labute approximate surface area is 203 Å². The van der Waals surface area contributed by atoms with E-state index in [2.05, 4.69) is 16.2 Å². The lowest BCUT2D eigenvalue weighted by Gasteiger charge is -2.19. The van der Waals surface area contributed by atoms with Gasteiger partial charge in [0.15, 0.2) is 5.11 Å².